The molecule has 1 saturated heterocycles. The number of hydrogen-bond acceptors (Lipinski definition) is 4. The number of nitrogens with one attached hydrogen (secondary N) is 2. The van der Waals surface area contributed by atoms with Gasteiger partial charge in [0, 0.05) is 52.5 Å². The van der Waals surface area contributed by atoms with Crippen molar-refractivity contribution in [1.82, 2.24) is 20.5 Å². The molecule has 2 aromatic rings. The maximum Gasteiger partial charge on any atom is 0.191 e. The molecule has 1 aromatic heterocycles. The van der Waals surface area contributed by atoms with Crippen LogP contribution in [0.1, 0.15) is 23.6 Å². The van der Waals surface area contributed by atoms with Crippen LogP contribution >= 0.6 is 0 Å². The highest BCUT2D eigenvalue weighted by molar-refractivity contribution is 5.79. The van der Waals surface area contributed by atoms with Crippen LogP contribution in [0.15, 0.2) is 47.6 Å². The molecule has 1 aliphatic rings. The van der Waals surface area contributed by atoms with E-state index in [4.69, 9.17) is 0 Å². The van der Waals surface area contributed by atoms with Gasteiger partial charge in [0.2, 0.25) is 0 Å². The van der Waals surface area contributed by atoms with E-state index in [-0.39, 0.29) is 0 Å². The molecule has 6 nitrogen and oxygen atoms in total. The van der Waals surface area contributed by atoms with E-state index in [1.54, 1.807) is 7.05 Å². The highest BCUT2D eigenvalue weighted by Crippen LogP contribution is 2.15. The van der Waals surface area contributed by atoms with Crippen LogP contribution in [0.4, 0.5) is 5.82 Å². The summed E-state index contributed by atoms with van der Waals surface area (Å²) in [6.07, 6.45) is 1.90. The lowest BCUT2D eigenvalue weighted by Crippen LogP contribution is -2.46. The number of benzene rings is 1. The number of nitrogens with zero attached hydrogens (tertiary/aromatic N) is 4. The Labute approximate surface area is 168 Å². The first kappa shape index (κ1) is 20.1. The molecule has 150 valence electrons. The Morgan fingerprint density at radius 1 is 1.00 bits per heavy atom. The molecule has 0 unspecified atom stereocenters. The summed E-state index contributed by atoms with van der Waals surface area (Å²) in [5.41, 5.74) is 3.73. The van der Waals surface area contributed by atoms with Gasteiger partial charge in [0.15, 0.2) is 5.96 Å². The summed E-state index contributed by atoms with van der Waals surface area (Å²) >= 11 is 0. The molecule has 2 heterocycles. The van der Waals surface area contributed by atoms with Crippen LogP contribution in [0.3, 0.4) is 0 Å². The molecule has 0 aliphatic carbocycles. The molecule has 1 fully saturated rings. The molecular weight excluding hydrogens is 348 g/mol. The van der Waals surface area contributed by atoms with Crippen molar-refractivity contribution in [1.29, 1.82) is 0 Å². The number of aromatic nitrogens is 1. The average Bonchev–Trinajstić information content (AvgIpc) is 2.75. The van der Waals surface area contributed by atoms with Gasteiger partial charge in [0.05, 0.1) is 0 Å². The third-order valence-electron chi connectivity index (χ3n) is 5.22. The summed E-state index contributed by atoms with van der Waals surface area (Å²) in [6, 6.07) is 12.8. The second-order valence-electron chi connectivity index (χ2n) is 7.21. The van der Waals surface area contributed by atoms with Crippen molar-refractivity contribution in [3.05, 3.63) is 59.3 Å². The van der Waals surface area contributed by atoms with Gasteiger partial charge in [-0.25, -0.2) is 4.98 Å². The Hall–Kier alpha value is -2.60. The fraction of sp³-hybridized carbons (Fsp3) is 0.455. The smallest absolute Gasteiger partial charge is 0.191 e. The zero-order valence-corrected chi connectivity index (χ0v) is 17.3. The summed E-state index contributed by atoms with van der Waals surface area (Å²) < 4.78 is 0. The first-order chi connectivity index (χ1) is 13.7. The van der Waals surface area contributed by atoms with Gasteiger partial charge in [-0.2, -0.15) is 0 Å². The van der Waals surface area contributed by atoms with E-state index in [9.17, 15) is 0 Å². The summed E-state index contributed by atoms with van der Waals surface area (Å²) in [6.45, 7) is 11.2. The number of anilines is 1. The molecular formula is C22H32N6. The van der Waals surface area contributed by atoms with Crippen molar-refractivity contribution < 1.29 is 0 Å². The van der Waals surface area contributed by atoms with E-state index in [1.165, 1.54) is 16.7 Å². The van der Waals surface area contributed by atoms with Crippen LogP contribution in [0.2, 0.25) is 0 Å². The van der Waals surface area contributed by atoms with Gasteiger partial charge in [0.25, 0.3) is 0 Å². The van der Waals surface area contributed by atoms with Gasteiger partial charge in [-0.15, -0.1) is 0 Å². The van der Waals surface area contributed by atoms with Gasteiger partial charge < -0.3 is 20.4 Å². The molecule has 3 rings (SSSR count). The van der Waals surface area contributed by atoms with Gasteiger partial charge in [0.1, 0.15) is 5.82 Å². The maximum absolute atomic E-state index is 4.58. The van der Waals surface area contributed by atoms with E-state index in [2.05, 4.69) is 80.7 Å². The van der Waals surface area contributed by atoms with Crippen molar-refractivity contribution in [2.24, 2.45) is 4.99 Å². The summed E-state index contributed by atoms with van der Waals surface area (Å²) in [5.74, 6) is 1.87. The van der Waals surface area contributed by atoms with Crippen LogP contribution < -0.4 is 15.5 Å². The van der Waals surface area contributed by atoms with Crippen molar-refractivity contribution in [2.45, 2.75) is 26.9 Å². The minimum Gasteiger partial charge on any atom is -0.354 e. The number of hydrogen-bond donors (Lipinski definition) is 2. The van der Waals surface area contributed by atoms with Gasteiger partial charge in [-0.1, -0.05) is 36.8 Å². The topological polar surface area (TPSA) is 55.8 Å². The Kier molecular flexibility index (Phi) is 7.25. The molecule has 0 amide bonds. The molecule has 0 radical (unpaired) electrons. The molecule has 0 spiro atoms. The van der Waals surface area contributed by atoms with Crippen LogP contribution in [0.25, 0.3) is 0 Å². The zero-order chi connectivity index (χ0) is 19.8. The number of aliphatic imine (C=N–C) groups is 1. The molecule has 2 N–H and O–H groups in total. The van der Waals surface area contributed by atoms with Crippen LogP contribution in [-0.2, 0) is 13.1 Å². The van der Waals surface area contributed by atoms with Crippen molar-refractivity contribution in [3.63, 3.8) is 0 Å². The van der Waals surface area contributed by atoms with Crippen LogP contribution in [-0.4, -0.2) is 55.6 Å². The highest BCUT2D eigenvalue weighted by atomic mass is 15.3. The third-order valence-corrected chi connectivity index (χ3v) is 5.22. The van der Waals surface area contributed by atoms with E-state index in [0.29, 0.717) is 0 Å². The fourth-order valence-electron chi connectivity index (χ4n) is 3.33. The average molecular weight is 381 g/mol. The summed E-state index contributed by atoms with van der Waals surface area (Å²) in [4.78, 5) is 13.8. The lowest BCUT2D eigenvalue weighted by molar-refractivity contribution is 0.270. The molecule has 28 heavy (non-hydrogen) atoms. The number of rotatable bonds is 6. The molecule has 1 aromatic carbocycles. The maximum atomic E-state index is 4.58. The minimum absolute atomic E-state index is 0.720. The van der Waals surface area contributed by atoms with Crippen molar-refractivity contribution in [2.75, 3.05) is 44.7 Å². The number of guanidine groups is 1. The lowest BCUT2D eigenvalue weighted by atomic mass is 10.1. The van der Waals surface area contributed by atoms with Crippen LogP contribution in [0.5, 0.6) is 0 Å². The second kappa shape index (κ2) is 10.1. The van der Waals surface area contributed by atoms with Gasteiger partial charge >= 0.3 is 0 Å². The van der Waals surface area contributed by atoms with Crippen LogP contribution in [0, 0.1) is 6.92 Å². The normalized spacial score (nSPS) is 15.5. The predicted molar refractivity (Wildman–Crippen MR) is 117 cm³/mol. The summed E-state index contributed by atoms with van der Waals surface area (Å²) in [5, 5.41) is 6.77. The van der Waals surface area contributed by atoms with E-state index >= 15 is 0 Å². The highest BCUT2D eigenvalue weighted by Gasteiger charge is 2.16. The number of likely N-dealkylation sites (N-methyl/N-ethyl adjacent to an activating group) is 1. The van der Waals surface area contributed by atoms with E-state index in [0.717, 1.165) is 57.6 Å². The minimum atomic E-state index is 0.720. The lowest BCUT2D eigenvalue weighted by Gasteiger charge is -2.34. The Balaban J connectivity index is 1.51. The third kappa shape index (κ3) is 5.70. The number of piperazine rings is 1. The molecule has 6 heteroatoms. The Morgan fingerprint density at radius 2 is 1.68 bits per heavy atom. The van der Waals surface area contributed by atoms with Crippen molar-refractivity contribution >= 4 is 11.8 Å². The first-order valence-corrected chi connectivity index (χ1v) is 10.1. The standard InChI is InChI=1S/C22H32N6/c1-4-27-11-13-28(14-12-27)21-15-20(9-10-24-21)17-26-22(23-3)25-16-19-7-5-18(2)6-8-19/h5-10,15H,4,11-14,16-17H2,1-3H3,(H2,23,25,26). The Bertz CT molecular complexity index is 763. The first-order valence-electron chi connectivity index (χ1n) is 10.1. The Morgan fingerprint density at radius 3 is 2.32 bits per heavy atom. The molecule has 0 saturated carbocycles. The predicted octanol–water partition coefficient (Wildman–Crippen LogP) is 2.40. The van der Waals surface area contributed by atoms with Gasteiger partial charge in [-0.3, -0.25) is 4.99 Å². The molecule has 0 bridgehead atoms. The molecule has 0 atom stereocenters. The fourth-order valence-corrected chi connectivity index (χ4v) is 3.33. The van der Waals surface area contributed by atoms with E-state index < -0.39 is 0 Å². The van der Waals surface area contributed by atoms with Gasteiger partial charge in [-0.05, 0) is 36.7 Å². The summed E-state index contributed by atoms with van der Waals surface area (Å²) in [7, 11) is 1.80. The SMILES string of the molecule is CCN1CCN(c2cc(CNC(=NC)NCc3ccc(C)cc3)ccn2)CC1. The molecule has 1 aliphatic heterocycles. The number of pyridine rings is 1. The second-order valence-corrected chi connectivity index (χ2v) is 7.21. The number of aryl methyl sites for hydroxylation is 1. The van der Waals surface area contributed by atoms with E-state index in [1.807, 2.05) is 6.20 Å². The monoisotopic (exact) mass is 380 g/mol. The quantitative estimate of drug-likeness (QED) is 0.595. The largest absolute Gasteiger partial charge is 0.354 e. The zero-order valence-electron chi connectivity index (χ0n) is 17.3. The van der Waals surface area contributed by atoms with Crippen molar-refractivity contribution in [3.8, 4) is 0 Å².